The molecule has 0 saturated heterocycles. The van der Waals surface area contributed by atoms with Crippen LogP contribution in [0.3, 0.4) is 0 Å². The number of nitrogens with one attached hydrogen (secondary N) is 1. The van der Waals surface area contributed by atoms with Crippen LogP contribution in [0, 0.1) is 25.5 Å². The zero-order chi connectivity index (χ0) is 22.0. The van der Waals surface area contributed by atoms with Crippen LogP contribution in [0.25, 0.3) is 5.69 Å². The first-order valence-electron chi connectivity index (χ1n) is 8.99. The van der Waals surface area contributed by atoms with Gasteiger partial charge in [0.2, 0.25) is 5.91 Å². The lowest BCUT2D eigenvalue weighted by Crippen LogP contribution is -2.33. The molecule has 0 spiro atoms. The molecule has 0 fully saturated rings. The molecular formula is C21H19ClF2N4O2. The number of hydrogen-bond donors (Lipinski definition) is 1. The fraction of sp³-hybridized carbons (Fsp3) is 0.190. The Hall–Kier alpha value is -3.26. The number of benzene rings is 2. The summed E-state index contributed by atoms with van der Waals surface area (Å²) in [7, 11) is 1.58. The maximum atomic E-state index is 14.0. The van der Waals surface area contributed by atoms with E-state index in [-0.39, 0.29) is 28.8 Å². The highest BCUT2D eigenvalue weighted by Crippen LogP contribution is 2.22. The molecule has 3 aromatic rings. The minimum Gasteiger partial charge on any atom is -0.363 e. The molecule has 1 N–H and O–H groups in total. The van der Waals surface area contributed by atoms with Gasteiger partial charge < -0.3 is 10.2 Å². The van der Waals surface area contributed by atoms with E-state index in [2.05, 4.69) is 10.4 Å². The minimum atomic E-state index is -0.949. The Morgan fingerprint density at radius 2 is 1.87 bits per heavy atom. The summed E-state index contributed by atoms with van der Waals surface area (Å²) in [4.78, 5) is 26.5. The van der Waals surface area contributed by atoms with Crippen LogP contribution in [-0.4, -0.2) is 29.3 Å². The molecular weight excluding hydrogens is 414 g/mol. The number of amides is 1. The van der Waals surface area contributed by atoms with E-state index >= 15 is 0 Å². The molecule has 9 heteroatoms. The third-order valence-electron chi connectivity index (χ3n) is 4.58. The Morgan fingerprint density at radius 1 is 1.20 bits per heavy atom. The minimum absolute atomic E-state index is 0.0937. The number of likely N-dealkylation sites (N-methyl/N-ethyl adjacent to an activating group) is 1. The molecule has 0 aliphatic heterocycles. The van der Waals surface area contributed by atoms with Crippen LogP contribution in [0.1, 0.15) is 11.1 Å². The lowest BCUT2D eigenvalue weighted by atomic mass is 10.1. The summed E-state index contributed by atoms with van der Waals surface area (Å²) < 4.78 is 27.9. The standard InChI is InChI=1S/C21H19ClF2N4O2/c1-12-5-4-6-13(2)20(12)26-18(29)11-27(3)17-10-25-28(21(30)19(17)22)16-8-7-14(23)9-15(16)24/h4-10H,11H2,1-3H3,(H,26,29). The molecule has 0 saturated carbocycles. The van der Waals surface area contributed by atoms with Crippen LogP contribution in [0.2, 0.25) is 5.02 Å². The van der Waals surface area contributed by atoms with Crippen LogP contribution in [-0.2, 0) is 4.79 Å². The fourth-order valence-corrected chi connectivity index (χ4v) is 3.28. The van der Waals surface area contributed by atoms with Gasteiger partial charge in [0.1, 0.15) is 16.5 Å². The van der Waals surface area contributed by atoms with Gasteiger partial charge in [0.15, 0.2) is 5.82 Å². The van der Waals surface area contributed by atoms with Crippen LogP contribution in [0.15, 0.2) is 47.4 Å². The molecule has 0 unspecified atom stereocenters. The average molecular weight is 433 g/mol. The number of carbonyl (C=O) groups excluding carboxylic acids is 1. The number of halogens is 3. The highest BCUT2D eigenvalue weighted by Gasteiger charge is 2.18. The maximum absolute atomic E-state index is 14.0. The highest BCUT2D eigenvalue weighted by atomic mass is 35.5. The Bertz CT molecular complexity index is 1160. The van der Waals surface area contributed by atoms with Crippen LogP contribution >= 0.6 is 11.6 Å². The van der Waals surface area contributed by atoms with Crippen LogP contribution < -0.4 is 15.8 Å². The van der Waals surface area contributed by atoms with E-state index in [4.69, 9.17) is 11.6 Å². The number of carbonyl (C=O) groups is 1. The van der Waals surface area contributed by atoms with Gasteiger partial charge in [-0.2, -0.15) is 9.78 Å². The van der Waals surface area contributed by atoms with E-state index in [9.17, 15) is 18.4 Å². The van der Waals surface area contributed by atoms with E-state index in [1.54, 1.807) is 7.05 Å². The summed E-state index contributed by atoms with van der Waals surface area (Å²) in [5.74, 6) is -2.03. The normalized spacial score (nSPS) is 10.7. The molecule has 3 rings (SSSR count). The van der Waals surface area contributed by atoms with Crippen molar-refractivity contribution in [2.45, 2.75) is 13.8 Å². The van der Waals surface area contributed by atoms with Gasteiger partial charge in [0.05, 0.1) is 18.4 Å². The lowest BCUT2D eigenvalue weighted by molar-refractivity contribution is -0.114. The average Bonchev–Trinajstić information content (AvgIpc) is 2.67. The van der Waals surface area contributed by atoms with E-state index < -0.39 is 17.2 Å². The van der Waals surface area contributed by atoms with Crippen molar-refractivity contribution >= 4 is 28.9 Å². The predicted octanol–water partition coefficient (Wildman–Crippen LogP) is 3.86. The summed E-state index contributed by atoms with van der Waals surface area (Å²) in [5, 5.41) is 6.54. The van der Waals surface area contributed by atoms with Crippen LogP contribution in [0.4, 0.5) is 20.2 Å². The van der Waals surface area contributed by atoms with Crippen molar-refractivity contribution in [2.75, 3.05) is 23.8 Å². The van der Waals surface area contributed by atoms with Gasteiger partial charge in [-0.1, -0.05) is 29.8 Å². The van der Waals surface area contributed by atoms with Crippen molar-refractivity contribution in [3.8, 4) is 5.69 Å². The number of hydrogen-bond acceptors (Lipinski definition) is 4. The molecule has 6 nitrogen and oxygen atoms in total. The third-order valence-corrected chi connectivity index (χ3v) is 4.93. The van der Waals surface area contributed by atoms with E-state index in [1.165, 1.54) is 11.1 Å². The molecule has 0 aliphatic carbocycles. The SMILES string of the molecule is Cc1cccc(C)c1NC(=O)CN(C)c1cnn(-c2ccc(F)cc2F)c(=O)c1Cl. The summed E-state index contributed by atoms with van der Waals surface area (Å²) >= 11 is 6.18. The Labute approximate surface area is 176 Å². The lowest BCUT2D eigenvalue weighted by Gasteiger charge is -2.21. The van der Waals surface area contributed by atoms with Gasteiger partial charge in [-0.15, -0.1) is 0 Å². The Morgan fingerprint density at radius 3 is 2.50 bits per heavy atom. The maximum Gasteiger partial charge on any atom is 0.292 e. The molecule has 2 aromatic carbocycles. The first-order chi connectivity index (χ1) is 14.2. The van der Waals surface area contributed by atoms with Crippen molar-refractivity contribution in [3.05, 3.63) is 80.7 Å². The summed E-state index contributed by atoms with van der Waals surface area (Å²) in [6.07, 6.45) is 1.25. The quantitative estimate of drug-likeness (QED) is 0.665. The molecule has 0 aliphatic rings. The number of rotatable bonds is 5. The first kappa shape index (κ1) is 21.4. The van der Waals surface area contributed by atoms with Crippen molar-refractivity contribution in [3.63, 3.8) is 0 Å². The van der Waals surface area contributed by atoms with Crippen molar-refractivity contribution in [1.29, 1.82) is 0 Å². The van der Waals surface area contributed by atoms with Gasteiger partial charge in [-0.05, 0) is 37.1 Å². The second-order valence-corrected chi connectivity index (χ2v) is 7.21. The molecule has 1 amide bonds. The molecule has 156 valence electrons. The monoisotopic (exact) mass is 432 g/mol. The topological polar surface area (TPSA) is 67.2 Å². The molecule has 0 atom stereocenters. The number of nitrogens with zero attached hydrogens (tertiary/aromatic N) is 3. The van der Waals surface area contributed by atoms with Crippen molar-refractivity contribution in [1.82, 2.24) is 9.78 Å². The van der Waals surface area contributed by atoms with Gasteiger partial charge >= 0.3 is 0 Å². The Balaban J connectivity index is 1.83. The zero-order valence-corrected chi connectivity index (χ0v) is 17.3. The largest absolute Gasteiger partial charge is 0.363 e. The number of anilines is 2. The molecule has 30 heavy (non-hydrogen) atoms. The molecule has 0 bridgehead atoms. The molecule has 1 heterocycles. The van der Waals surface area contributed by atoms with Gasteiger partial charge in [0.25, 0.3) is 5.56 Å². The van der Waals surface area contributed by atoms with Gasteiger partial charge in [0, 0.05) is 18.8 Å². The smallest absolute Gasteiger partial charge is 0.292 e. The van der Waals surface area contributed by atoms with Gasteiger partial charge in [-0.25, -0.2) is 8.78 Å². The number of aromatic nitrogens is 2. The molecule has 0 radical (unpaired) electrons. The summed E-state index contributed by atoms with van der Waals surface area (Å²) in [5.41, 5.74) is 1.76. The first-order valence-corrected chi connectivity index (χ1v) is 9.37. The summed E-state index contributed by atoms with van der Waals surface area (Å²) in [6, 6.07) is 8.43. The van der Waals surface area contributed by atoms with E-state index in [1.807, 2.05) is 32.0 Å². The third kappa shape index (κ3) is 4.33. The van der Waals surface area contributed by atoms with Crippen molar-refractivity contribution < 1.29 is 13.6 Å². The van der Waals surface area contributed by atoms with Crippen LogP contribution in [0.5, 0.6) is 0 Å². The second-order valence-electron chi connectivity index (χ2n) is 6.83. The van der Waals surface area contributed by atoms with Gasteiger partial charge in [-0.3, -0.25) is 9.59 Å². The fourth-order valence-electron chi connectivity index (χ4n) is 3.01. The predicted molar refractivity (Wildman–Crippen MR) is 113 cm³/mol. The van der Waals surface area contributed by atoms with E-state index in [0.29, 0.717) is 6.07 Å². The Kier molecular flexibility index (Phi) is 6.17. The second kappa shape index (κ2) is 8.62. The van der Waals surface area contributed by atoms with Crippen molar-refractivity contribution in [2.24, 2.45) is 0 Å². The highest BCUT2D eigenvalue weighted by molar-refractivity contribution is 6.33. The number of aryl methyl sites for hydroxylation is 2. The zero-order valence-electron chi connectivity index (χ0n) is 16.5. The molecule has 1 aromatic heterocycles. The van der Waals surface area contributed by atoms with E-state index in [0.717, 1.165) is 33.6 Å². The summed E-state index contributed by atoms with van der Waals surface area (Å²) in [6.45, 7) is 3.69. The number of para-hydroxylation sites is 1.